The molecular weight excluding hydrogens is 406 g/mol. The Labute approximate surface area is 188 Å². The second kappa shape index (κ2) is 9.83. The first-order valence-electron chi connectivity index (χ1n) is 11.3. The van der Waals surface area contributed by atoms with Crippen LogP contribution in [0.3, 0.4) is 0 Å². The molecule has 2 aromatic heterocycles. The molecule has 1 amide bonds. The number of thiazole rings is 1. The number of nitrogens with zero attached hydrogens (tertiary/aromatic N) is 3. The summed E-state index contributed by atoms with van der Waals surface area (Å²) < 4.78 is 0. The van der Waals surface area contributed by atoms with Crippen LogP contribution in [0.25, 0.3) is 12.2 Å². The third-order valence-corrected chi connectivity index (χ3v) is 7.09. The minimum absolute atomic E-state index is 0.0445. The number of hydrogen-bond donors (Lipinski definition) is 2. The summed E-state index contributed by atoms with van der Waals surface area (Å²) in [6.45, 7) is 8.32. The molecule has 2 unspecified atom stereocenters. The number of aromatic amines is 1. The van der Waals surface area contributed by atoms with E-state index in [1.54, 1.807) is 6.20 Å². The standard InChI is InChI=1S/C24H33N5OS/c1-4-5-6-19(14-18-15-25-21-8-7-17(2)13-20(18)21)27-23(30)22-16-26-24(31-22)29-11-9-28(3)10-12-29/h5-6,8,13,15-17,19,25H,4,7,9-12,14H2,1-3H3,(H,27,30)/b6-5+. The molecule has 2 atom stereocenters. The lowest BCUT2D eigenvalue weighted by molar-refractivity contribution is 0.0948. The van der Waals surface area contributed by atoms with Crippen LogP contribution >= 0.6 is 11.3 Å². The maximum absolute atomic E-state index is 13.0. The molecule has 1 aliphatic heterocycles. The first-order valence-corrected chi connectivity index (χ1v) is 12.1. The van der Waals surface area contributed by atoms with Gasteiger partial charge in [-0.25, -0.2) is 4.98 Å². The fraction of sp³-hybridized carbons (Fsp3) is 0.500. The number of carbonyl (C=O) groups is 1. The number of anilines is 1. The van der Waals surface area contributed by atoms with Gasteiger partial charge in [0.2, 0.25) is 0 Å². The highest BCUT2D eigenvalue weighted by molar-refractivity contribution is 7.17. The summed E-state index contributed by atoms with van der Waals surface area (Å²) >= 11 is 1.49. The van der Waals surface area contributed by atoms with Gasteiger partial charge in [-0.1, -0.05) is 49.5 Å². The Kier molecular flexibility index (Phi) is 6.92. The Morgan fingerprint density at radius 1 is 1.39 bits per heavy atom. The third kappa shape index (κ3) is 5.28. The summed E-state index contributed by atoms with van der Waals surface area (Å²) in [5.74, 6) is 0.503. The molecule has 1 fully saturated rings. The largest absolute Gasteiger partial charge is 0.361 e. The van der Waals surface area contributed by atoms with Gasteiger partial charge < -0.3 is 20.1 Å². The average molecular weight is 440 g/mol. The normalized spacial score (nSPS) is 20.2. The summed E-state index contributed by atoms with van der Waals surface area (Å²) in [6, 6.07) is -0.0489. The van der Waals surface area contributed by atoms with E-state index >= 15 is 0 Å². The number of nitrogens with one attached hydrogen (secondary N) is 2. The minimum atomic E-state index is -0.0489. The zero-order chi connectivity index (χ0) is 21.8. The molecule has 0 radical (unpaired) electrons. The molecule has 7 heteroatoms. The van der Waals surface area contributed by atoms with Gasteiger partial charge in [-0.2, -0.15) is 0 Å². The summed E-state index contributed by atoms with van der Waals surface area (Å²) in [5, 5.41) is 6.67. The Morgan fingerprint density at radius 2 is 2.19 bits per heavy atom. The molecule has 31 heavy (non-hydrogen) atoms. The molecule has 4 rings (SSSR count). The lowest BCUT2D eigenvalue weighted by atomic mass is 9.98. The van der Waals surface area contributed by atoms with E-state index < -0.39 is 0 Å². The molecule has 2 aromatic rings. The van der Waals surface area contributed by atoms with Crippen LogP contribution < -0.4 is 20.8 Å². The molecule has 0 saturated carbocycles. The fourth-order valence-corrected chi connectivity index (χ4v) is 5.01. The van der Waals surface area contributed by atoms with Crippen molar-refractivity contribution >= 4 is 34.5 Å². The van der Waals surface area contributed by atoms with Gasteiger partial charge in [0.25, 0.3) is 5.91 Å². The molecule has 1 saturated heterocycles. The quantitative estimate of drug-likeness (QED) is 0.649. The third-order valence-electron chi connectivity index (χ3n) is 6.03. The van der Waals surface area contributed by atoms with E-state index in [4.69, 9.17) is 0 Å². The Hall–Kier alpha value is -2.38. The van der Waals surface area contributed by atoms with Crippen LogP contribution in [0.15, 0.2) is 24.5 Å². The predicted molar refractivity (Wildman–Crippen MR) is 129 cm³/mol. The van der Waals surface area contributed by atoms with Crippen molar-refractivity contribution in [2.45, 2.75) is 39.2 Å². The number of carbonyl (C=O) groups excluding carboxylic acids is 1. The van der Waals surface area contributed by atoms with Crippen molar-refractivity contribution in [2.75, 3.05) is 38.1 Å². The van der Waals surface area contributed by atoms with Gasteiger partial charge in [-0.3, -0.25) is 4.79 Å². The van der Waals surface area contributed by atoms with Gasteiger partial charge in [0, 0.05) is 37.7 Å². The fourth-order valence-electron chi connectivity index (χ4n) is 4.14. The number of fused-ring (bicyclic) bond motifs is 1. The molecule has 2 aliphatic rings. The zero-order valence-corrected chi connectivity index (χ0v) is 19.5. The van der Waals surface area contributed by atoms with Gasteiger partial charge in [0.15, 0.2) is 5.13 Å². The topological polar surface area (TPSA) is 64.3 Å². The van der Waals surface area contributed by atoms with Crippen molar-refractivity contribution in [1.29, 1.82) is 0 Å². The molecule has 1 aliphatic carbocycles. The van der Waals surface area contributed by atoms with Gasteiger partial charge >= 0.3 is 0 Å². The number of piperazine rings is 1. The van der Waals surface area contributed by atoms with Crippen molar-refractivity contribution in [3.05, 3.63) is 45.6 Å². The lowest BCUT2D eigenvalue weighted by Gasteiger charge is -2.32. The van der Waals surface area contributed by atoms with Crippen LogP contribution in [-0.4, -0.2) is 60.0 Å². The second-order valence-electron chi connectivity index (χ2n) is 8.64. The molecule has 6 nitrogen and oxygen atoms in total. The van der Waals surface area contributed by atoms with E-state index in [2.05, 4.69) is 76.5 Å². The maximum Gasteiger partial charge on any atom is 0.263 e. The molecule has 0 spiro atoms. The van der Waals surface area contributed by atoms with Gasteiger partial charge in [0.1, 0.15) is 4.88 Å². The van der Waals surface area contributed by atoms with Gasteiger partial charge in [-0.05, 0) is 43.0 Å². The van der Waals surface area contributed by atoms with E-state index in [1.165, 1.54) is 27.5 Å². The van der Waals surface area contributed by atoms with Crippen LogP contribution in [-0.2, 0) is 6.42 Å². The smallest absolute Gasteiger partial charge is 0.263 e. The van der Waals surface area contributed by atoms with Crippen molar-refractivity contribution in [3.8, 4) is 0 Å². The van der Waals surface area contributed by atoms with Crippen molar-refractivity contribution < 1.29 is 4.79 Å². The number of aromatic nitrogens is 2. The summed E-state index contributed by atoms with van der Waals surface area (Å²) in [5.41, 5.74) is 1.26. The summed E-state index contributed by atoms with van der Waals surface area (Å²) in [7, 11) is 2.14. The predicted octanol–water partition coefficient (Wildman–Crippen LogP) is 2.13. The first kappa shape index (κ1) is 21.8. The number of allylic oxidation sites excluding steroid dienone is 1. The lowest BCUT2D eigenvalue weighted by Crippen LogP contribution is -2.44. The average Bonchev–Trinajstić information content (AvgIpc) is 3.40. The van der Waals surface area contributed by atoms with Crippen LogP contribution in [0.5, 0.6) is 0 Å². The minimum Gasteiger partial charge on any atom is -0.361 e. The molecule has 3 heterocycles. The van der Waals surface area contributed by atoms with Crippen LogP contribution in [0.4, 0.5) is 5.13 Å². The highest BCUT2D eigenvalue weighted by Gasteiger charge is 2.20. The highest BCUT2D eigenvalue weighted by atomic mass is 32.1. The zero-order valence-electron chi connectivity index (χ0n) is 18.7. The summed E-state index contributed by atoms with van der Waals surface area (Å²) in [4.78, 5) is 26.2. The molecule has 0 bridgehead atoms. The highest BCUT2D eigenvalue weighted by Crippen LogP contribution is 2.23. The van der Waals surface area contributed by atoms with E-state index in [0.29, 0.717) is 10.8 Å². The van der Waals surface area contributed by atoms with E-state index in [-0.39, 0.29) is 11.9 Å². The van der Waals surface area contributed by atoms with Gasteiger partial charge in [-0.15, -0.1) is 0 Å². The number of hydrogen-bond acceptors (Lipinski definition) is 5. The van der Waals surface area contributed by atoms with Crippen molar-refractivity contribution in [1.82, 2.24) is 20.2 Å². The van der Waals surface area contributed by atoms with E-state index in [1.807, 2.05) is 0 Å². The molecule has 166 valence electrons. The van der Waals surface area contributed by atoms with E-state index in [0.717, 1.165) is 50.6 Å². The number of H-pyrrole nitrogens is 1. The Morgan fingerprint density at radius 3 is 2.97 bits per heavy atom. The Bertz CT molecular complexity index is 1040. The molecular formula is C24H33N5OS. The maximum atomic E-state index is 13.0. The number of amides is 1. The van der Waals surface area contributed by atoms with Crippen molar-refractivity contribution in [3.63, 3.8) is 0 Å². The van der Waals surface area contributed by atoms with E-state index in [9.17, 15) is 4.79 Å². The second-order valence-corrected chi connectivity index (χ2v) is 9.65. The Balaban J connectivity index is 1.46. The number of rotatable bonds is 7. The number of likely N-dealkylation sites (N-methyl/N-ethyl adjacent to an activating group) is 1. The SMILES string of the molecule is CC/C=C/C(Cc1c[nH]c2c1=CC(C)CC=2)NC(=O)c1cnc(N2CCN(C)CC2)s1. The van der Waals surface area contributed by atoms with Crippen LogP contribution in [0, 0.1) is 5.92 Å². The van der Waals surface area contributed by atoms with Crippen LogP contribution in [0.2, 0.25) is 0 Å². The van der Waals surface area contributed by atoms with Crippen molar-refractivity contribution in [2.24, 2.45) is 5.92 Å². The monoisotopic (exact) mass is 439 g/mol. The van der Waals surface area contributed by atoms with Crippen LogP contribution in [0.1, 0.15) is 41.9 Å². The van der Waals surface area contributed by atoms with Gasteiger partial charge in [0.05, 0.1) is 12.2 Å². The first-order chi connectivity index (χ1) is 15.0. The summed E-state index contributed by atoms with van der Waals surface area (Å²) in [6.07, 6.45) is 15.5. The molecule has 0 aromatic carbocycles. The molecule has 2 N–H and O–H groups in total.